The third-order valence-electron chi connectivity index (χ3n) is 33.9. The van der Waals surface area contributed by atoms with Gasteiger partial charge in [-0.1, -0.05) is 381 Å². The molecule has 0 N–H and O–H groups in total. The standard InChI is InChI=1S/C79H85N3.C64H78O4/c1-9-12-14-16-18-20-46-79(47-21-19-17-15-13-10-2)73-51-57(7)22-40-67(73)68-41-28-61(53-74(68)79)60-29-45-78-72(52-60)71-50-56(6)25-44-77(71)82(78)66-38-34-64(35-39-66)80(62-30-26-59(27-31-62)58(8)11-3)63-32-36-65(37-33-63)81-75-42-23-54(4)48-69(75)70-49-55(5)24-43-76(70)81;1-7-11-13-15-17-19-37-63(38-20-18-16-14-12-8-2)59-43-47(5)21-33-55(59)56-35-23-49(45-60(56)63)50-24-36-58-57-34-22-48(6)44-61(57)64(62(58)46-50,51-25-29-53(30-26-51)67-41-39-65-9-3)52-27-31-54(32-28-52)68-42-40-66-10-4/h22-45,48-53,58H,9-21,46-47H2,1-8H3;21-36,43-46H,7-20,37-42H2,1-6H3. The SMILES string of the molecule is CCCCCCCCC1(CCCCCCCC)c2cc(C)ccc2-c2ccc(-c3ccc4c(c3)C(c3ccc(OCCOCC)cc3)(c3ccc(OCCOCC)cc3)c3cc(C)ccc3-4)cc21.CCCCCCCCC1(CCCCCCCC)c2cc(C)ccc2-c2ccc(-c3ccc4c(c3)c3cc(C)ccc3n4-c3ccc(N(c4ccc(C(C)CC)cc4)c4ccc(-n5c6ccc(C)cc6c6cc(C)ccc65)cc4)cc3)cc21. The molecule has 774 valence electrons. The Morgan fingerprint density at radius 3 is 0.880 bits per heavy atom. The summed E-state index contributed by atoms with van der Waals surface area (Å²) in [6.07, 6.45) is 37.6. The Hall–Kier alpha value is -12.8. The first-order valence-electron chi connectivity index (χ1n) is 58.0. The van der Waals surface area contributed by atoms with Crippen molar-refractivity contribution in [2.45, 2.75) is 305 Å². The number of hydrogen-bond donors (Lipinski definition) is 0. The molecule has 2 heterocycles. The van der Waals surface area contributed by atoms with E-state index >= 15 is 0 Å². The molecule has 0 radical (unpaired) electrons. The number of fused-ring (bicyclic) bond motifs is 15. The molecule has 150 heavy (non-hydrogen) atoms. The van der Waals surface area contributed by atoms with E-state index in [0.717, 1.165) is 46.4 Å². The number of aromatic nitrogens is 2. The molecule has 1 unspecified atom stereocenters. The Kier molecular flexibility index (Phi) is 34.3. The molecule has 1 atom stereocenters. The minimum absolute atomic E-state index is 0.00935. The summed E-state index contributed by atoms with van der Waals surface area (Å²) in [5.41, 5.74) is 44.0. The average Bonchev–Trinajstić information content (AvgIpc) is 1.52. The van der Waals surface area contributed by atoms with E-state index in [9.17, 15) is 0 Å². The molecule has 7 heteroatoms. The maximum absolute atomic E-state index is 6.19. The summed E-state index contributed by atoms with van der Waals surface area (Å²) in [5.74, 6) is 2.19. The third kappa shape index (κ3) is 21.9. The van der Waals surface area contributed by atoms with Crippen LogP contribution < -0.4 is 14.4 Å². The summed E-state index contributed by atoms with van der Waals surface area (Å²) in [7, 11) is 0. The fourth-order valence-electron chi connectivity index (χ4n) is 25.7. The molecule has 7 nitrogen and oxygen atoms in total. The van der Waals surface area contributed by atoms with Crippen LogP contribution in [0.5, 0.6) is 11.5 Å². The zero-order valence-electron chi connectivity index (χ0n) is 92.7. The van der Waals surface area contributed by atoms with Gasteiger partial charge in [-0.05, 0) is 351 Å². The molecule has 3 aliphatic carbocycles. The van der Waals surface area contributed by atoms with Crippen LogP contribution in [0.1, 0.15) is 331 Å². The summed E-state index contributed by atoms with van der Waals surface area (Å²) >= 11 is 0. The van der Waals surface area contributed by atoms with Crippen molar-refractivity contribution in [3.63, 3.8) is 0 Å². The highest BCUT2D eigenvalue weighted by Gasteiger charge is 2.49. The van der Waals surface area contributed by atoms with Gasteiger partial charge in [0.2, 0.25) is 0 Å². The Morgan fingerprint density at radius 2 is 0.527 bits per heavy atom. The molecule has 15 aromatic carbocycles. The smallest absolute Gasteiger partial charge is 0.119 e. The van der Waals surface area contributed by atoms with Crippen molar-refractivity contribution in [1.82, 2.24) is 9.13 Å². The summed E-state index contributed by atoms with van der Waals surface area (Å²) < 4.78 is 28.5. The molecule has 20 rings (SSSR count). The van der Waals surface area contributed by atoms with E-state index in [4.69, 9.17) is 18.9 Å². The Morgan fingerprint density at radius 1 is 0.253 bits per heavy atom. The van der Waals surface area contributed by atoms with E-state index in [1.165, 1.54) is 340 Å². The second-order valence-corrected chi connectivity index (χ2v) is 44.3. The van der Waals surface area contributed by atoms with Crippen molar-refractivity contribution >= 4 is 60.7 Å². The van der Waals surface area contributed by atoms with Crippen LogP contribution in [-0.4, -0.2) is 48.8 Å². The maximum atomic E-state index is 6.19. The number of rotatable bonds is 49. The molecule has 0 fully saturated rings. The van der Waals surface area contributed by atoms with Gasteiger partial charge in [0.25, 0.3) is 0 Å². The predicted molar refractivity (Wildman–Crippen MR) is 640 cm³/mol. The van der Waals surface area contributed by atoms with Gasteiger partial charge in [0.05, 0.1) is 40.7 Å². The van der Waals surface area contributed by atoms with Crippen LogP contribution in [0.4, 0.5) is 17.1 Å². The molecule has 0 aliphatic heterocycles. The molecule has 2 aromatic heterocycles. The van der Waals surface area contributed by atoms with Crippen molar-refractivity contribution in [3.8, 4) is 78.5 Å². The summed E-state index contributed by atoms with van der Waals surface area (Å²) in [6, 6.07) is 117. The Balaban J connectivity index is 0.000000192. The first-order valence-corrected chi connectivity index (χ1v) is 58.0. The largest absolute Gasteiger partial charge is 0.491 e. The Labute approximate surface area is 897 Å². The minimum Gasteiger partial charge on any atom is -0.491 e. The van der Waals surface area contributed by atoms with Gasteiger partial charge in [-0.25, -0.2) is 0 Å². The van der Waals surface area contributed by atoms with Crippen LogP contribution in [0.3, 0.4) is 0 Å². The van der Waals surface area contributed by atoms with Gasteiger partial charge in [-0.15, -0.1) is 0 Å². The third-order valence-corrected chi connectivity index (χ3v) is 33.9. The lowest BCUT2D eigenvalue weighted by atomic mass is 9.67. The quantitative estimate of drug-likeness (QED) is 0.0356. The molecular formula is C143H163N3O4. The highest BCUT2D eigenvalue weighted by Crippen LogP contribution is 2.61. The number of aryl methyl sites for hydroxylation is 6. The van der Waals surface area contributed by atoms with E-state index < -0.39 is 5.41 Å². The van der Waals surface area contributed by atoms with Gasteiger partial charge in [-0.3, -0.25) is 0 Å². The molecule has 3 aliphatic rings. The van der Waals surface area contributed by atoms with Crippen LogP contribution in [0.15, 0.2) is 303 Å². The van der Waals surface area contributed by atoms with Gasteiger partial charge in [-0.2, -0.15) is 0 Å². The van der Waals surface area contributed by atoms with Gasteiger partial charge in [0.15, 0.2) is 0 Å². The zero-order valence-corrected chi connectivity index (χ0v) is 92.7. The summed E-state index contributed by atoms with van der Waals surface area (Å²) in [4.78, 5) is 2.42. The van der Waals surface area contributed by atoms with Crippen LogP contribution in [0.25, 0.3) is 111 Å². The lowest BCUT2D eigenvalue weighted by Crippen LogP contribution is -2.28. The number of benzene rings is 15. The van der Waals surface area contributed by atoms with Crippen molar-refractivity contribution in [1.29, 1.82) is 0 Å². The van der Waals surface area contributed by atoms with Gasteiger partial charge >= 0.3 is 0 Å². The van der Waals surface area contributed by atoms with Crippen LogP contribution in [0.2, 0.25) is 0 Å². The van der Waals surface area contributed by atoms with E-state index in [0.29, 0.717) is 45.6 Å². The second-order valence-electron chi connectivity index (χ2n) is 44.3. The topological polar surface area (TPSA) is 50.0 Å². The average molecular weight is 1990 g/mol. The predicted octanol–water partition coefficient (Wildman–Crippen LogP) is 40.5. The lowest BCUT2D eigenvalue weighted by Gasteiger charge is -2.35. The Bertz CT molecular complexity index is 7330. The van der Waals surface area contributed by atoms with E-state index in [2.05, 4.69) is 400 Å². The number of anilines is 3. The first-order chi connectivity index (χ1) is 73.4. The number of ether oxygens (including phenoxy) is 4. The van der Waals surface area contributed by atoms with Gasteiger partial charge in [0.1, 0.15) is 24.7 Å². The summed E-state index contributed by atoms with van der Waals surface area (Å²) in [5, 5.41) is 5.18. The second kappa shape index (κ2) is 48.7. The molecular weight excluding hydrogens is 1820 g/mol. The van der Waals surface area contributed by atoms with E-state index in [1.54, 1.807) is 22.3 Å². The van der Waals surface area contributed by atoms with Gasteiger partial charge in [0, 0.05) is 74.0 Å². The lowest BCUT2D eigenvalue weighted by molar-refractivity contribution is 0.110. The molecule has 0 saturated carbocycles. The monoisotopic (exact) mass is 1990 g/mol. The van der Waals surface area contributed by atoms with Crippen LogP contribution in [0, 0.1) is 41.5 Å². The summed E-state index contributed by atoms with van der Waals surface area (Å²) in [6.45, 7) is 34.9. The maximum Gasteiger partial charge on any atom is 0.119 e. The highest BCUT2D eigenvalue weighted by molar-refractivity contribution is 6.12. The van der Waals surface area contributed by atoms with Crippen LogP contribution in [-0.2, 0) is 25.7 Å². The molecule has 0 spiro atoms. The first kappa shape index (κ1) is 106. The molecule has 0 saturated heterocycles. The van der Waals surface area contributed by atoms with Crippen molar-refractivity contribution < 1.29 is 18.9 Å². The zero-order chi connectivity index (χ0) is 104. The molecule has 0 amide bonds. The number of hydrogen-bond acceptors (Lipinski definition) is 5. The van der Waals surface area contributed by atoms with E-state index in [1.807, 2.05) is 13.8 Å². The van der Waals surface area contributed by atoms with Crippen LogP contribution >= 0.6 is 0 Å². The van der Waals surface area contributed by atoms with Gasteiger partial charge < -0.3 is 33.0 Å². The van der Waals surface area contributed by atoms with Crippen molar-refractivity contribution in [2.75, 3.05) is 44.5 Å². The van der Waals surface area contributed by atoms with Crippen molar-refractivity contribution in [3.05, 3.63) is 387 Å². The minimum atomic E-state index is -0.593. The van der Waals surface area contributed by atoms with E-state index in [-0.39, 0.29) is 10.8 Å². The normalized spacial score (nSPS) is 13.5. The van der Waals surface area contributed by atoms with Crippen molar-refractivity contribution in [2.24, 2.45) is 0 Å². The number of unbranched alkanes of at least 4 members (excludes halogenated alkanes) is 20. The molecule has 0 bridgehead atoms. The highest BCUT2D eigenvalue weighted by atomic mass is 16.5. The molecule has 17 aromatic rings. The number of nitrogens with zero attached hydrogens (tertiary/aromatic N) is 3. The fourth-order valence-corrected chi connectivity index (χ4v) is 25.7. The fraction of sp³-hybridized carbons (Fsp3) is 0.371.